The van der Waals surface area contributed by atoms with Crippen LogP contribution in [0.25, 0.3) is 10.8 Å². The Hall–Kier alpha value is -1.27. The average molecular weight is 239 g/mol. The topological polar surface area (TPSA) is 75.9 Å². The molecule has 0 amide bonds. The molecule has 0 aliphatic heterocycles. The molecule has 2 aromatic heterocycles. The van der Waals surface area contributed by atoms with Crippen molar-refractivity contribution in [3.8, 4) is 10.8 Å². The summed E-state index contributed by atoms with van der Waals surface area (Å²) in [7, 11) is 0. The fraction of sp³-hybridized carbons (Fsp3) is 0.111. The Bertz CT molecular complexity index is 450. The van der Waals surface area contributed by atoms with Gasteiger partial charge < -0.3 is 10.2 Å². The van der Waals surface area contributed by atoms with Gasteiger partial charge in [-0.05, 0) is 12.1 Å². The SMILES string of the molecule is N=C(N)SCc1csc(-c2ccco2)n1. The maximum absolute atomic E-state index is 7.09. The molecule has 2 rings (SSSR count). The number of nitrogens with one attached hydrogen (secondary N) is 1. The van der Waals surface area contributed by atoms with Crippen molar-refractivity contribution >= 4 is 28.3 Å². The molecule has 0 fully saturated rings. The fourth-order valence-corrected chi connectivity index (χ4v) is 2.38. The lowest BCUT2D eigenvalue weighted by atomic mass is 10.5. The standard InChI is InChI=1S/C9H9N3OS2/c10-9(11)15-5-6-4-14-8(12-6)7-2-1-3-13-7/h1-4H,5H2,(H3,10,11). The Morgan fingerprint density at radius 3 is 3.20 bits per heavy atom. The van der Waals surface area contributed by atoms with Gasteiger partial charge >= 0.3 is 0 Å². The highest BCUT2D eigenvalue weighted by Gasteiger charge is 2.07. The average Bonchev–Trinajstić information content (AvgIpc) is 2.85. The third kappa shape index (κ3) is 2.60. The Labute approximate surface area is 95.0 Å². The van der Waals surface area contributed by atoms with Gasteiger partial charge in [0.2, 0.25) is 0 Å². The number of amidine groups is 1. The first-order chi connectivity index (χ1) is 7.25. The number of thiazole rings is 1. The Kier molecular flexibility index (Phi) is 3.08. The summed E-state index contributed by atoms with van der Waals surface area (Å²) >= 11 is 2.80. The predicted octanol–water partition coefficient (Wildman–Crippen LogP) is 2.53. The normalized spacial score (nSPS) is 10.4. The van der Waals surface area contributed by atoms with E-state index < -0.39 is 0 Å². The lowest BCUT2D eigenvalue weighted by Crippen LogP contribution is -2.03. The lowest BCUT2D eigenvalue weighted by molar-refractivity contribution is 0.581. The van der Waals surface area contributed by atoms with Crippen molar-refractivity contribution in [3.05, 3.63) is 29.5 Å². The number of hydrogen-bond donors (Lipinski definition) is 2. The summed E-state index contributed by atoms with van der Waals surface area (Å²) in [4.78, 5) is 4.38. The summed E-state index contributed by atoms with van der Waals surface area (Å²) < 4.78 is 5.23. The van der Waals surface area contributed by atoms with Gasteiger partial charge in [-0.2, -0.15) is 0 Å². The molecule has 4 nitrogen and oxygen atoms in total. The molecule has 15 heavy (non-hydrogen) atoms. The van der Waals surface area contributed by atoms with E-state index in [0.29, 0.717) is 5.75 Å². The molecule has 6 heteroatoms. The van der Waals surface area contributed by atoms with E-state index in [1.165, 1.54) is 23.1 Å². The molecule has 2 aromatic rings. The predicted molar refractivity (Wildman–Crippen MR) is 63.0 cm³/mol. The number of rotatable bonds is 3. The molecule has 0 saturated heterocycles. The smallest absolute Gasteiger partial charge is 0.162 e. The second-order valence-electron chi connectivity index (χ2n) is 2.77. The largest absolute Gasteiger partial charge is 0.462 e. The molecule has 0 aromatic carbocycles. The van der Waals surface area contributed by atoms with Crippen LogP contribution >= 0.6 is 23.1 Å². The molecule has 3 N–H and O–H groups in total. The highest BCUT2D eigenvalue weighted by Crippen LogP contribution is 2.25. The Morgan fingerprint density at radius 1 is 1.67 bits per heavy atom. The number of hydrogen-bond acceptors (Lipinski definition) is 5. The molecule has 0 atom stereocenters. The second-order valence-corrected chi connectivity index (χ2v) is 4.65. The molecule has 0 radical (unpaired) electrons. The van der Waals surface area contributed by atoms with Gasteiger partial charge in [0.05, 0.1) is 12.0 Å². The van der Waals surface area contributed by atoms with Gasteiger partial charge in [-0.15, -0.1) is 11.3 Å². The summed E-state index contributed by atoms with van der Waals surface area (Å²) in [5.41, 5.74) is 6.17. The molecular weight excluding hydrogens is 230 g/mol. The minimum Gasteiger partial charge on any atom is -0.462 e. The van der Waals surface area contributed by atoms with Crippen molar-refractivity contribution in [1.29, 1.82) is 5.41 Å². The minimum absolute atomic E-state index is 0.113. The first-order valence-corrected chi connectivity index (χ1v) is 6.07. The van der Waals surface area contributed by atoms with E-state index in [0.717, 1.165) is 16.5 Å². The van der Waals surface area contributed by atoms with E-state index in [4.69, 9.17) is 15.6 Å². The van der Waals surface area contributed by atoms with Crippen molar-refractivity contribution in [2.24, 2.45) is 5.73 Å². The van der Waals surface area contributed by atoms with Crippen LogP contribution in [0.4, 0.5) is 0 Å². The number of furan rings is 1. The number of thioether (sulfide) groups is 1. The molecular formula is C9H9N3OS2. The Morgan fingerprint density at radius 2 is 2.53 bits per heavy atom. The van der Waals surface area contributed by atoms with E-state index in [9.17, 15) is 0 Å². The zero-order chi connectivity index (χ0) is 10.7. The number of nitrogens with two attached hydrogens (primary N) is 1. The fourth-order valence-electron chi connectivity index (χ4n) is 1.04. The quantitative estimate of drug-likeness (QED) is 0.637. The summed E-state index contributed by atoms with van der Waals surface area (Å²) in [5.74, 6) is 1.41. The third-order valence-corrected chi connectivity index (χ3v) is 3.32. The van der Waals surface area contributed by atoms with Gasteiger partial charge in [0.1, 0.15) is 0 Å². The van der Waals surface area contributed by atoms with Gasteiger partial charge in [-0.3, -0.25) is 5.41 Å². The van der Waals surface area contributed by atoms with Crippen molar-refractivity contribution < 1.29 is 4.42 Å². The van der Waals surface area contributed by atoms with Crippen LogP contribution < -0.4 is 5.73 Å². The molecule has 0 saturated carbocycles. The molecule has 2 heterocycles. The van der Waals surface area contributed by atoms with Crippen LogP contribution in [0.1, 0.15) is 5.69 Å². The van der Waals surface area contributed by atoms with Crippen LogP contribution in [-0.4, -0.2) is 10.2 Å². The van der Waals surface area contributed by atoms with Crippen LogP contribution in [0.5, 0.6) is 0 Å². The van der Waals surface area contributed by atoms with Crippen molar-refractivity contribution in [1.82, 2.24) is 4.98 Å². The highest BCUT2D eigenvalue weighted by molar-refractivity contribution is 8.13. The molecule has 78 valence electrons. The summed E-state index contributed by atoms with van der Waals surface area (Å²) in [6, 6.07) is 3.71. The first-order valence-electron chi connectivity index (χ1n) is 4.21. The zero-order valence-electron chi connectivity index (χ0n) is 7.77. The number of aromatic nitrogens is 1. The van der Waals surface area contributed by atoms with E-state index in [-0.39, 0.29) is 5.17 Å². The number of nitrogens with zero attached hydrogens (tertiary/aromatic N) is 1. The highest BCUT2D eigenvalue weighted by atomic mass is 32.2. The monoisotopic (exact) mass is 239 g/mol. The van der Waals surface area contributed by atoms with Crippen LogP contribution in [-0.2, 0) is 5.75 Å². The second kappa shape index (κ2) is 4.50. The van der Waals surface area contributed by atoms with Crippen LogP contribution in [0.15, 0.2) is 28.2 Å². The molecule has 0 unspecified atom stereocenters. The van der Waals surface area contributed by atoms with Gasteiger partial charge in [0, 0.05) is 11.1 Å². The van der Waals surface area contributed by atoms with E-state index in [1.807, 2.05) is 17.5 Å². The van der Waals surface area contributed by atoms with Crippen LogP contribution in [0.2, 0.25) is 0 Å². The molecule has 0 bridgehead atoms. The Balaban J connectivity index is 2.08. The summed E-state index contributed by atoms with van der Waals surface area (Å²) in [6.45, 7) is 0. The maximum Gasteiger partial charge on any atom is 0.162 e. The molecule has 0 aliphatic carbocycles. The first kappa shape index (κ1) is 10.3. The van der Waals surface area contributed by atoms with Crippen LogP contribution in [0.3, 0.4) is 0 Å². The molecule has 0 aliphatic rings. The van der Waals surface area contributed by atoms with Crippen molar-refractivity contribution in [2.45, 2.75) is 5.75 Å². The van der Waals surface area contributed by atoms with Crippen molar-refractivity contribution in [3.63, 3.8) is 0 Å². The van der Waals surface area contributed by atoms with Gasteiger partial charge in [-0.1, -0.05) is 11.8 Å². The summed E-state index contributed by atoms with van der Waals surface area (Å²) in [6.07, 6.45) is 1.63. The minimum atomic E-state index is 0.113. The van der Waals surface area contributed by atoms with Gasteiger partial charge in [0.15, 0.2) is 15.9 Å². The summed E-state index contributed by atoms with van der Waals surface area (Å²) in [5, 5.41) is 10.0. The van der Waals surface area contributed by atoms with Crippen molar-refractivity contribution in [2.75, 3.05) is 0 Å². The zero-order valence-corrected chi connectivity index (χ0v) is 9.40. The van der Waals surface area contributed by atoms with E-state index in [2.05, 4.69) is 4.98 Å². The van der Waals surface area contributed by atoms with Gasteiger partial charge in [-0.25, -0.2) is 4.98 Å². The maximum atomic E-state index is 7.09. The van der Waals surface area contributed by atoms with E-state index >= 15 is 0 Å². The van der Waals surface area contributed by atoms with Gasteiger partial charge in [0.25, 0.3) is 0 Å². The van der Waals surface area contributed by atoms with Crippen LogP contribution in [0, 0.1) is 5.41 Å². The molecule has 0 spiro atoms. The third-order valence-electron chi connectivity index (χ3n) is 1.66. The lowest BCUT2D eigenvalue weighted by Gasteiger charge is -1.93. The van der Waals surface area contributed by atoms with E-state index in [1.54, 1.807) is 6.26 Å².